The van der Waals surface area contributed by atoms with E-state index in [1.165, 1.54) is 16.7 Å². The molecular weight excluding hydrogens is 440 g/mol. The van der Waals surface area contributed by atoms with Crippen molar-refractivity contribution < 1.29 is 8.95 Å². The van der Waals surface area contributed by atoms with Crippen molar-refractivity contribution in [1.29, 1.82) is 0 Å². The van der Waals surface area contributed by atoms with E-state index in [1.54, 1.807) is 10.8 Å². The summed E-state index contributed by atoms with van der Waals surface area (Å²) in [6.07, 6.45) is 6.82. The van der Waals surface area contributed by atoms with Gasteiger partial charge in [-0.05, 0) is 54.4 Å². The third kappa shape index (κ3) is 4.67. The van der Waals surface area contributed by atoms with Crippen LogP contribution in [0.1, 0.15) is 41.5 Å². The number of nitrogens with one attached hydrogen (secondary N) is 1. The Balaban J connectivity index is 1.55. The van der Waals surface area contributed by atoms with E-state index in [0.717, 1.165) is 57.3 Å². The number of H-pyrrole nitrogens is 1. The predicted molar refractivity (Wildman–Crippen MR) is 129 cm³/mol. The lowest BCUT2D eigenvalue weighted by Gasteiger charge is -2.30. The molecule has 3 aromatic rings. The number of ether oxygens (including phenoxy) is 1. The maximum atomic E-state index is 12.8. The Morgan fingerprint density at radius 2 is 2.00 bits per heavy atom. The minimum atomic E-state index is -0.791. The lowest BCUT2D eigenvalue weighted by atomic mass is 9.89. The standard InChI is InChI=1S/C23H30N6O3S/c1-33(31)10-8-28-7-6-18-16-5-3-2-4-9-32-22-26-20(24)19-21(27-22)29(23(30)25-19)13-15(11-16)12-17(18)14-28/h11-12H,2-10,13-14H2,1H3,(H,25,30)(H2,24,26,27). The van der Waals surface area contributed by atoms with E-state index < -0.39 is 10.8 Å². The fourth-order valence-corrected chi connectivity index (χ4v) is 5.38. The van der Waals surface area contributed by atoms with Crippen molar-refractivity contribution in [3.05, 3.63) is 44.9 Å². The van der Waals surface area contributed by atoms with Gasteiger partial charge in [0.2, 0.25) is 0 Å². The van der Waals surface area contributed by atoms with Crippen molar-refractivity contribution in [2.24, 2.45) is 0 Å². The van der Waals surface area contributed by atoms with Gasteiger partial charge in [0.1, 0.15) is 5.52 Å². The highest BCUT2D eigenvalue weighted by atomic mass is 32.2. The molecule has 0 aliphatic carbocycles. The van der Waals surface area contributed by atoms with Gasteiger partial charge in [0.15, 0.2) is 11.5 Å². The summed E-state index contributed by atoms with van der Waals surface area (Å²) in [4.78, 5) is 26.7. The number of aromatic nitrogens is 4. The molecule has 4 heterocycles. The van der Waals surface area contributed by atoms with Gasteiger partial charge in [-0.1, -0.05) is 12.1 Å². The second-order valence-electron chi connectivity index (χ2n) is 8.96. The average molecular weight is 471 g/mol. The number of aromatic amines is 1. The van der Waals surface area contributed by atoms with Gasteiger partial charge in [-0.3, -0.25) is 13.7 Å². The molecule has 1 atom stereocenters. The minimum absolute atomic E-state index is 0.208. The van der Waals surface area contributed by atoms with Crippen LogP contribution in [-0.4, -0.2) is 60.3 Å². The highest BCUT2D eigenvalue weighted by molar-refractivity contribution is 7.84. The van der Waals surface area contributed by atoms with E-state index in [0.29, 0.717) is 30.1 Å². The first-order valence-corrected chi connectivity index (χ1v) is 13.3. The van der Waals surface area contributed by atoms with E-state index in [2.05, 4.69) is 32.0 Å². The monoisotopic (exact) mass is 470 g/mol. The number of hydrogen-bond acceptors (Lipinski definition) is 7. The van der Waals surface area contributed by atoms with Crippen LogP contribution in [0.4, 0.5) is 5.82 Å². The summed E-state index contributed by atoms with van der Waals surface area (Å²) < 4.78 is 18.9. The SMILES string of the molecule is CS(=O)CCN1CCc2c3cc(cc2C1)Cn1c(=O)[nH]c2c(N)nc(nc21)OCCCCC3. The quantitative estimate of drug-likeness (QED) is 0.597. The number of aryl methyl sites for hydroxylation is 1. The molecule has 176 valence electrons. The van der Waals surface area contributed by atoms with E-state index in [9.17, 15) is 9.00 Å². The van der Waals surface area contributed by atoms with Gasteiger partial charge >= 0.3 is 11.7 Å². The van der Waals surface area contributed by atoms with Gasteiger partial charge in [-0.25, -0.2) is 4.79 Å². The first-order chi connectivity index (χ1) is 16.0. The molecule has 0 saturated heterocycles. The molecular formula is C23H30N6O3S. The molecule has 2 aliphatic heterocycles. The van der Waals surface area contributed by atoms with Crippen LogP contribution in [0.25, 0.3) is 11.2 Å². The zero-order valence-corrected chi connectivity index (χ0v) is 19.7. The second kappa shape index (κ2) is 9.26. The lowest BCUT2D eigenvalue weighted by molar-refractivity contribution is 0.269. The first kappa shape index (κ1) is 22.1. The van der Waals surface area contributed by atoms with Crippen LogP contribution < -0.4 is 16.2 Å². The Labute approximate surface area is 194 Å². The number of rotatable bonds is 3. The fraction of sp³-hybridized carbons (Fsp3) is 0.522. The summed E-state index contributed by atoms with van der Waals surface area (Å²) in [5.41, 5.74) is 11.9. The number of fused-ring (bicyclic) bond motifs is 5. The summed E-state index contributed by atoms with van der Waals surface area (Å²) >= 11 is 0. The molecule has 2 aliphatic rings. The number of nitrogen functional groups attached to an aromatic ring is 1. The zero-order chi connectivity index (χ0) is 22.9. The maximum Gasteiger partial charge on any atom is 0.328 e. The van der Waals surface area contributed by atoms with Crippen molar-refractivity contribution in [3.63, 3.8) is 0 Å². The van der Waals surface area contributed by atoms with Crippen LogP contribution >= 0.6 is 0 Å². The van der Waals surface area contributed by atoms with Crippen molar-refractivity contribution in [2.75, 3.05) is 37.4 Å². The first-order valence-electron chi connectivity index (χ1n) is 11.5. The summed E-state index contributed by atoms with van der Waals surface area (Å²) in [7, 11) is -0.791. The van der Waals surface area contributed by atoms with Crippen LogP contribution in [-0.2, 0) is 36.7 Å². The van der Waals surface area contributed by atoms with Crippen molar-refractivity contribution >= 4 is 27.8 Å². The van der Waals surface area contributed by atoms with Gasteiger partial charge in [-0.15, -0.1) is 0 Å². The average Bonchev–Trinajstić information content (AvgIpc) is 3.09. The normalized spacial score (nSPS) is 18.0. The molecule has 3 N–H and O–H groups in total. The van der Waals surface area contributed by atoms with Gasteiger partial charge in [0, 0.05) is 42.4 Å². The highest BCUT2D eigenvalue weighted by Crippen LogP contribution is 2.27. The van der Waals surface area contributed by atoms with Crippen LogP contribution in [0.3, 0.4) is 0 Å². The Kier molecular flexibility index (Phi) is 6.20. The minimum Gasteiger partial charge on any atom is -0.463 e. The van der Waals surface area contributed by atoms with Gasteiger partial charge < -0.3 is 15.5 Å². The molecule has 4 bridgehead atoms. The van der Waals surface area contributed by atoms with Crippen molar-refractivity contribution in [2.45, 2.75) is 45.2 Å². The summed E-state index contributed by atoms with van der Waals surface area (Å²) in [6.45, 7) is 3.59. The summed E-state index contributed by atoms with van der Waals surface area (Å²) in [6, 6.07) is 4.68. The zero-order valence-electron chi connectivity index (χ0n) is 18.9. The Morgan fingerprint density at radius 3 is 2.85 bits per heavy atom. The molecule has 0 radical (unpaired) electrons. The highest BCUT2D eigenvalue weighted by Gasteiger charge is 2.21. The van der Waals surface area contributed by atoms with E-state index in [-0.39, 0.29) is 17.5 Å². The molecule has 33 heavy (non-hydrogen) atoms. The molecule has 9 nitrogen and oxygen atoms in total. The van der Waals surface area contributed by atoms with Gasteiger partial charge in [0.25, 0.3) is 0 Å². The van der Waals surface area contributed by atoms with E-state index in [1.807, 2.05) is 0 Å². The fourth-order valence-electron chi connectivity index (χ4n) is 4.87. The molecule has 5 rings (SSSR count). The number of nitrogens with zero attached hydrogens (tertiary/aromatic N) is 4. The van der Waals surface area contributed by atoms with Crippen LogP contribution in [0.5, 0.6) is 6.01 Å². The number of anilines is 1. The van der Waals surface area contributed by atoms with Crippen LogP contribution in [0.2, 0.25) is 0 Å². The third-order valence-electron chi connectivity index (χ3n) is 6.55. The molecule has 0 amide bonds. The molecule has 1 aromatic carbocycles. The molecule has 1 unspecified atom stereocenters. The van der Waals surface area contributed by atoms with Crippen LogP contribution in [0.15, 0.2) is 16.9 Å². The predicted octanol–water partition coefficient (Wildman–Crippen LogP) is 1.59. The summed E-state index contributed by atoms with van der Waals surface area (Å²) in [5, 5.41) is 0. The number of imidazole rings is 1. The second-order valence-corrected chi connectivity index (χ2v) is 10.5. The molecule has 0 saturated carbocycles. The van der Waals surface area contributed by atoms with E-state index in [4.69, 9.17) is 10.5 Å². The summed E-state index contributed by atoms with van der Waals surface area (Å²) in [5.74, 6) is 0.908. The number of benzene rings is 1. The Bertz CT molecular complexity index is 1270. The lowest BCUT2D eigenvalue weighted by Crippen LogP contribution is -2.34. The Morgan fingerprint density at radius 1 is 1.15 bits per heavy atom. The topological polar surface area (TPSA) is 119 Å². The number of hydrogen-bond donors (Lipinski definition) is 2. The van der Waals surface area contributed by atoms with Crippen molar-refractivity contribution in [3.8, 4) is 6.01 Å². The molecule has 0 spiro atoms. The van der Waals surface area contributed by atoms with Crippen LogP contribution in [0, 0.1) is 0 Å². The maximum absolute atomic E-state index is 12.8. The smallest absolute Gasteiger partial charge is 0.328 e. The number of nitrogens with two attached hydrogens (primary N) is 1. The van der Waals surface area contributed by atoms with Crippen molar-refractivity contribution in [1.82, 2.24) is 24.4 Å². The largest absolute Gasteiger partial charge is 0.463 e. The van der Waals surface area contributed by atoms with E-state index >= 15 is 0 Å². The van der Waals surface area contributed by atoms with Gasteiger partial charge in [-0.2, -0.15) is 9.97 Å². The third-order valence-corrected chi connectivity index (χ3v) is 7.31. The Hall–Kier alpha value is -2.72. The molecule has 2 aromatic heterocycles. The van der Waals surface area contributed by atoms with Gasteiger partial charge in [0.05, 0.1) is 13.2 Å². The molecule has 0 fully saturated rings. The molecule has 10 heteroatoms.